The molecule has 0 radical (unpaired) electrons. The molecule has 5 aromatic rings. The predicted octanol–water partition coefficient (Wildman–Crippen LogP) is 6.75. The highest BCUT2D eigenvalue weighted by molar-refractivity contribution is 7.46. The third-order valence-corrected chi connectivity index (χ3v) is 10.2. The zero-order valence-corrected chi connectivity index (χ0v) is 36.1. The number of carboxylic acids is 1. The number of hydrogen-bond acceptors (Lipinski definition) is 13. The number of phosphoric ester groups is 1. The van der Waals surface area contributed by atoms with Crippen LogP contribution in [0.2, 0.25) is 0 Å². The number of aromatic hydroxyl groups is 2. The molecule has 0 aliphatic rings. The molecule has 0 unspecified atom stereocenters. The Morgan fingerprint density at radius 2 is 1.27 bits per heavy atom. The number of rotatable bonds is 19. The van der Waals surface area contributed by atoms with Crippen LogP contribution in [-0.4, -0.2) is 74.6 Å². The van der Waals surface area contributed by atoms with Crippen LogP contribution in [0.25, 0.3) is 6.08 Å². The second-order valence-corrected chi connectivity index (χ2v) is 15.5. The maximum atomic E-state index is 13.3. The first kappa shape index (κ1) is 48.7. The molecule has 66 heavy (non-hydrogen) atoms. The lowest BCUT2D eigenvalue weighted by Crippen LogP contribution is -2.25. The number of phenolic OH excluding ortho intramolecular Hbond substituents is 1. The summed E-state index contributed by atoms with van der Waals surface area (Å²) < 4.78 is 25.9. The fraction of sp³-hybridized carbons (Fsp3) is 0.152. The number of amides is 3. The van der Waals surface area contributed by atoms with Gasteiger partial charge in [0.25, 0.3) is 11.8 Å². The number of anilines is 3. The number of ketones is 2. The summed E-state index contributed by atoms with van der Waals surface area (Å²) in [6.07, 6.45) is 1.05. The van der Waals surface area contributed by atoms with E-state index < -0.39 is 60.3 Å². The number of nitrogens with zero attached hydrogens (tertiary/aromatic N) is 1. The Bertz CT molecular complexity index is 2810. The Morgan fingerprint density at radius 3 is 1.82 bits per heavy atom. The summed E-state index contributed by atoms with van der Waals surface area (Å²) in [5.74, 6) is -7.30. The van der Waals surface area contributed by atoms with Crippen LogP contribution in [0.4, 0.5) is 17.1 Å². The van der Waals surface area contributed by atoms with Crippen molar-refractivity contribution in [1.29, 1.82) is 5.26 Å². The fourth-order valence-corrected chi connectivity index (χ4v) is 6.77. The number of carboxylic acid groups (broad SMARTS) is 1. The first-order valence-corrected chi connectivity index (χ1v) is 21.0. The molecule has 340 valence electrons. The van der Waals surface area contributed by atoms with Crippen molar-refractivity contribution in [2.45, 2.75) is 26.2 Å². The second-order valence-electron chi connectivity index (χ2n) is 14.3. The van der Waals surface area contributed by atoms with E-state index in [0.717, 1.165) is 13.2 Å². The molecule has 0 aliphatic heterocycles. The molecule has 5 rings (SSSR count). The number of nitriles is 1. The molecule has 19 nitrogen and oxygen atoms in total. The predicted molar refractivity (Wildman–Crippen MR) is 238 cm³/mol. The maximum absolute atomic E-state index is 13.3. The normalized spacial score (nSPS) is 11.6. The summed E-state index contributed by atoms with van der Waals surface area (Å²) in [6.45, 7) is 1.62. The van der Waals surface area contributed by atoms with Gasteiger partial charge < -0.3 is 45.3 Å². The molecule has 1 atom stereocenters. The Morgan fingerprint density at radius 1 is 0.727 bits per heavy atom. The molecule has 0 bridgehead atoms. The first-order valence-electron chi connectivity index (χ1n) is 19.4. The molecule has 0 heterocycles. The number of phenols is 2. The molecule has 0 saturated carbocycles. The summed E-state index contributed by atoms with van der Waals surface area (Å²) in [7, 11) is -2.36. The average Bonchev–Trinajstić information content (AvgIpc) is 3.26. The average molecular weight is 921 g/mol. The summed E-state index contributed by atoms with van der Waals surface area (Å²) >= 11 is 0. The fourth-order valence-electron chi connectivity index (χ4n) is 6.38. The highest BCUT2D eigenvalue weighted by Gasteiger charge is 2.26. The highest BCUT2D eigenvalue weighted by atomic mass is 31.2. The van der Waals surface area contributed by atoms with E-state index in [9.17, 15) is 53.9 Å². The number of Topliss-reactive ketones (excluding diaryl/α,β-unsaturated/α-hetero) is 2. The topological polar surface area (TPSA) is 308 Å². The minimum absolute atomic E-state index is 0.0164. The van der Waals surface area contributed by atoms with Gasteiger partial charge in [-0.25, -0.2) is 9.36 Å². The third kappa shape index (κ3) is 12.4. The number of methoxy groups -OCH3 is 2. The molecule has 0 spiro atoms. The summed E-state index contributed by atoms with van der Waals surface area (Å²) in [5.41, 5.74) is 1.35. The van der Waals surface area contributed by atoms with Gasteiger partial charge in [0.2, 0.25) is 5.91 Å². The van der Waals surface area contributed by atoms with Crippen molar-refractivity contribution in [2.75, 3.05) is 30.2 Å². The van der Waals surface area contributed by atoms with Gasteiger partial charge in [-0.05, 0) is 90.4 Å². The van der Waals surface area contributed by atoms with E-state index in [4.69, 9.17) is 19.3 Å². The van der Waals surface area contributed by atoms with E-state index in [0.29, 0.717) is 16.7 Å². The van der Waals surface area contributed by atoms with Crippen LogP contribution in [0.15, 0.2) is 103 Å². The van der Waals surface area contributed by atoms with Crippen molar-refractivity contribution in [2.24, 2.45) is 5.92 Å². The minimum Gasteiger partial charge on any atom is -0.504 e. The molecule has 0 fully saturated rings. The van der Waals surface area contributed by atoms with Crippen molar-refractivity contribution < 1.29 is 72.4 Å². The van der Waals surface area contributed by atoms with E-state index in [1.165, 1.54) is 86.0 Å². The van der Waals surface area contributed by atoms with Crippen molar-refractivity contribution in [3.05, 3.63) is 136 Å². The van der Waals surface area contributed by atoms with E-state index in [-0.39, 0.29) is 76.0 Å². The van der Waals surface area contributed by atoms with Crippen molar-refractivity contribution in [1.82, 2.24) is 0 Å². The third-order valence-electron chi connectivity index (χ3n) is 9.77. The number of aromatic carboxylic acids is 1. The van der Waals surface area contributed by atoms with Crippen LogP contribution in [0.5, 0.6) is 28.7 Å². The first-order chi connectivity index (χ1) is 31.3. The van der Waals surface area contributed by atoms with Gasteiger partial charge in [-0.2, -0.15) is 5.26 Å². The molecule has 0 saturated heterocycles. The summed E-state index contributed by atoms with van der Waals surface area (Å²) in [5, 5.41) is 47.6. The molecule has 0 aromatic heterocycles. The quantitative estimate of drug-likeness (QED) is 0.0241. The number of carbonyl (C=O) groups is 6. The molecule has 0 aliphatic carbocycles. The number of benzene rings is 5. The van der Waals surface area contributed by atoms with Crippen molar-refractivity contribution >= 4 is 66.2 Å². The second kappa shape index (κ2) is 21.4. The van der Waals surface area contributed by atoms with Crippen LogP contribution in [0.1, 0.15) is 72.3 Å². The minimum atomic E-state index is -4.71. The standard InChI is InChI=1S/C46H41N4O15P/c1-25(22-26-6-14-32(15-7-26)65-66(60,61)62)37(51)23-27-4-8-28(9-5-27)38(52)24-30(20-21-47)44(56)48-31-12-10-29(11-13-31)43(55)49-35-18-16-33(39(53)41(35)63-2)45(57)50-36-19-17-34(46(58)59)40(54)42(36)64-3/h4-19,22,30,53-54H,20,23-24H2,1-3H3,(H,48,56)(H,49,55)(H,50,57)(H,58,59)(H2,60,61,62)/b25-22+/t30-/m1/s1. The SMILES string of the molecule is COc1c(NC(=O)c2ccc(NC(=O)c3ccc(NC(=O)[C@H](CC#N)CC(=O)c4ccc(CC(=O)/C(C)=C/c5ccc(OP(=O)(O)O)cc5)cc4)cc3)c(OC)c2O)ccc(C(=O)O)c1O. The van der Waals surface area contributed by atoms with Gasteiger partial charge in [-0.3, -0.25) is 33.8 Å². The van der Waals surface area contributed by atoms with Crippen LogP contribution in [0, 0.1) is 17.2 Å². The van der Waals surface area contributed by atoms with Crippen LogP contribution in [-0.2, 0) is 20.6 Å². The Labute approximate surface area is 376 Å². The monoisotopic (exact) mass is 920 g/mol. The molecule has 20 heteroatoms. The number of phosphoric acid groups is 1. The lowest BCUT2D eigenvalue weighted by Gasteiger charge is -2.16. The zero-order valence-electron chi connectivity index (χ0n) is 35.2. The van der Waals surface area contributed by atoms with Gasteiger partial charge in [-0.15, -0.1) is 0 Å². The van der Waals surface area contributed by atoms with Crippen molar-refractivity contribution in [3.8, 4) is 34.8 Å². The van der Waals surface area contributed by atoms with Gasteiger partial charge in [0.05, 0.1) is 43.1 Å². The van der Waals surface area contributed by atoms with E-state index >= 15 is 0 Å². The smallest absolute Gasteiger partial charge is 0.504 e. The number of nitrogens with one attached hydrogen (secondary N) is 3. The van der Waals surface area contributed by atoms with E-state index in [1.807, 2.05) is 6.07 Å². The highest BCUT2D eigenvalue weighted by Crippen LogP contribution is 2.41. The summed E-state index contributed by atoms with van der Waals surface area (Å²) in [6, 6.07) is 24.3. The lowest BCUT2D eigenvalue weighted by atomic mass is 9.94. The maximum Gasteiger partial charge on any atom is 0.524 e. The number of allylic oxidation sites excluding steroid dienone is 1. The molecular weight excluding hydrogens is 879 g/mol. The van der Waals surface area contributed by atoms with Gasteiger partial charge in [0.1, 0.15) is 11.3 Å². The van der Waals surface area contributed by atoms with E-state index in [1.54, 1.807) is 25.1 Å². The van der Waals surface area contributed by atoms with Gasteiger partial charge in [-0.1, -0.05) is 36.4 Å². The largest absolute Gasteiger partial charge is 0.524 e. The number of ether oxygens (including phenoxy) is 2. The number of hydrogen-bond donors (Lipinski definition) is 8. The van der Waals surface area contributed by atoms with Crippen LogP contribution >= 0.6 is 7.82 Å². The lowest BCUT2D eigenvalue weighted by molar-refractivity contribution is -0.119. The van der Waals surface area contributed by atoms with Crippen LogP contribution in [0.3, 0.4) is 0 Å². The van der Waals surface area contributed by atoms with Gasteiger partial charge >= 0.3 is 13.8 Å². The molecular formula is C46H41N4O15P. The van der Waals surface area contributed by atoms with Crippen LogP contribution < -0.4 is 29.9 Å². The molecule has 5 aromatic carbocycles. The van der Waals surface area contributed by atoms with Gasteiger partial charge in [0, 0.05) is 36.1 Å². The Kier molecular flexibility index (Phi) is 15.8. The molecule has 3 amide bonds. The number of carbonyl (C=O) groups excluding carboxylic acids is 5. The van der Waals surface area contributed by atoms with E-state index in [2.05, 4.69) is 20.5 Å². The Balaban J connectivity index is 1.17. The van der Waals surface area contributed by atoms with Crippen molar-refractivity contribution in [3.63, 3.8) is 0 Å². The zero-order chi connectivity index (χ0) is 48.3. The van der Waals surface area contributed by atoms with Gasteiger partial charge in [0.15, 0.2) is 34.6 Å². The summed E-state index contributed by atoms with van der Waals surface area (Å²) in [4.78, 5) is 95.0. The molecule has 8 N–H and O–H groups in total. The Hall–Kier alpha value is -8.30.